The Hall–Kier alpha value is -4.04. The molecule has 7 nitrogen and oxygen atoms in total. The van der Waals surface area contributed by atoms with E-state index in [1.54, 1.807) is 0 Å². The first kappa shape index (κ1) is 22.2. The van der Waals surface area contributed by atoms with E-state index in [-0.39, 0.29) is 27.5 Å². The number of hydrogen-bond acceptors (Lipinski definition) is 6. The minimum Gasteiger partial charge on any atom is -0.403 e. The first-order chi connectivity index (χ1) is 15.7. The summed E-state index contributed by atoms with van der Waals surface area (Å²) in [7, 11) is 1.52. The molecule has 4 aromatic rings. The summed E-state index contributed by atoms with van der Waals surface area (Å²) in [5, 5.41) is 12.7. The third-order valence-corrected chi connectivity index (χ3v) is 4.98. The smallest absolute Gasteiger partial charge is 0.403 e. The van der Waals surface area contributed by atoms with Gasteiger partial charge in [-0.3, -0.25) is 4.98 Å². The average Bonchev–Trinajstić information content (AvgIpc) is 3.29. The van der Waals surface area contributed by atoms with Crippen LogP contribution in [0.3, 0.4) is 0 Å². The third kappa shape index (κ3) is 4.61. The fourth-order valence-corrected chi connectivity index (χ4v) is 3.36. The number of benzene rings is 2. The van der Waals surface area contributed by atoms with Crippen molar-refractivity contribution in [2.45, 2.75) is 6.36 Å². The summed E-state index contributed by atoms with van der Waals surface area (Å²) in [6.45, 7) is 0. The SMILES string of the molecule is CN(c1cnc[nH]1)c1cc2c(Nc3ccc(F)c(Cl)c3)c(C#N)cnc2cc1OC(F)(F)F. The molecule has 2 aromatic heterocycles. The Morgan fingerprint density at radius 3 is 2.64 bits per heavy atom. The molecule has 0 fully saturated rings. The summed E-state index contributed by atoms with van der Waals surface area (Å²) in [5.41, 5.74) is 0.891. The summed E-state index contributed by atoms with van der Waals surface area (Å²) in [5.74, 6) is -0.731. The number of aromatic nitrogens is 3. The van der Waals surface area contributed by atoms with Gasteiger partial charge in [0.2, 0.25) is 0 Å². The second kappa shape index (κ2) is 8.48. The number of alkyl halides is 3. The van der Waals surface area contributed by atoms with Crippen LogP contribution in [0.1, 0.15) is 5.56 Å². The summed E-state index contributed by atoms with van der Waals surface area (Å²) < 4.78 is 57.1. The van der Waals surface area contributed by atoms with Gasteiger partial charge in [0.05, 0.1) is 40.0 Å². The summed E-state index contributed by atoms with van der Waals surface area (Å²) in [4.78, 5) is 12.2. The van der Waals surface area contributed by atoms with E-state index in [0.717, 1.165) is 12.1 Å². The quantitative estimate of drug-likeness (QED) is 0.342. The topological polar surface area (TPSA) is 89.9 Å². The highest BCUT2D eigenvalue weighted by molar-refractivity contribution is 6.31. The fraction of sp³-hybridized carbons (Fsp3) is 0.0952. The summed E-state index contributed by atoms with van der Waals surface area (Å²) in [6.07, 6.45) is -0.940. The van der Waals surface area contributed by atoms with Crippen LogP contribution in [0.5, 0.6) is 5.75 Å². The van der Waals surface area contributed by atoms with Crippen LogP contribution in [-0.2, 0) is 0 Å². The molecule has 2 heterocycles. The average molecular weight is 477 g/mol. The van der Waals surface area contributed by atoms with E-state index >= 15 is 0 Å². The molecule has 0 unspecified atom stereocenters. The monoisotopic (exact) mass is 476 g/mol. The predicted octanol–water partition coefficient (Wildman–Crippen LogP) is 6.03. The fourth-order valence-electron chi connectivity index (χ4n) is 3.18. The van der Waals surface area contributed by atoms with Crippen molar-refractivity contribution in [3.8, 4) is 11.8 Å². The van der Waals surface area contributed by atoms with Gasteiger partial charge < -0.3 is 19.9 Å². The molecule has 2 aromatic carbocycles. The number of fused-ring (bicyclic) bond motifs is 1. The van der Waals surface area contributed by atoms with Crippen LogP contribution in [0.2, 0.25) is 5.02 Å². The zero-order valence-corrected chi connectivity index (χ0v) is 17.5. The number of nitrogens with one attached hydrogen (secondary N) is 2. The van der Waals surface area contributed by atoms with Crippen molar-refractivity contribution in [3.05, 3.63) is 65.5 Å². The Kier molecular flexibility index (Phi) is 5.69. The van der Waals surface area contributed by atoms with Crippen LogP contribution < -0.4 is 15.0 Å². The number of rotatable bonds is 5. The molecule has 0 spiro atoms. The lowest BCUT2D eigenvalue weighted by molar-refractivity contribution is -0.274. The van der Waals surface area contributed by atoms with Gasteiger partial charge in [-0.05, 0) is 24.3 Å². The molecule has 0 aliphatic carbocycles. The normalized spacial score (nSPS) is 11.3. The van der Waals surface area contributed by atoms with Gasteiger partial charge in [-0.15, -0.1) is 13.2 Å². The second-order valence-corrected chi connectivity index (χ2v) is 7.20. The van der Waals surface area contributed by atoms with Crippen molar-refractivity contribution in [1.29, 1.82) is 5.26 Å². The standard InChI is InChI=1S/C21H13ClF4N6O/c1-32(19-9-28-10-30-19)17-5-13-16(6-18(17)33-21(24,25)26)29-8-11(7-27)20(13)31-12-2-3-15(23)14(22)4-12/h2-6,8-10H,1H3,(H,28,30)(H,29,31). The number of nitriles is 1. The number of nitrogens with zero attached hydrogens (tertiary/aromatic N) is 4. The van der Waals surface area contributed by atoms with Gasteiger partial charge in [0, 0.05) is 30.4 Å². The highest BCUT2D eigenvalue weighted by atomic mass is 35.5. The van der Waals surface area contributed by atoms with Crippen LogP contribution in [0, 0.1) is 17.1 Å². The van der Waals surface area contributed by atoms with Gasteiger partial charge in [-0.1, -0.05) is 11.6 Å². The molecule has 2 N–H and O–H groups in total. The van der Waals surface area contributed by atoms with Crippen LogP contribution in [-0.4, -0.2) is 28.4 Å². The van der Waals surface area contributed by atoms with Crippen molar-refractivity contribution in [2.75, 3.05) is 17.3 Å². The molecular weight excluding hydrogens is 464 g/mol. The molecule has 0 saturated carbocycles. The molecule has 0 atom stereocenters. The van der Waals surface area contributed by atoms with Gasteiger partial charge in [0.15, 0.2) is 5.75 Å². The van der Waals surface area contributed by atoms with E-state index in [9.17, 15) is 22.8 Å². The van der Waals surface area contributed by atoms with Crippen molar-refractivity contribution >= 4 is 45.4 Å². The van der Waals surface area contributed by atoms with E-state index in [4.69, 9.17) is 11.6 Å². The molecule has 0 aliphatic heterocycles. The maximum Gasteiger partial charge on any atom is 0.573 e. The molecular formula is C21H13ClF4N6O. The zero-order chi connectivity index (χ0) is 23.8. The minimum atomic E-state index is -4.95. The molecule has 4 rings (SSSR count). The number of H-pyrrole nitrogens is 1. The van der Waals surface area contributed by atoms with E-state index in [0.29, 0.717) is 16.9 Å². The summed E-state index contributed by atoms with van der Waals surface area (Å²) >= 11 is 5.85. The van der Waals surface area contributed by atoms with Crippen molar-refractivity contribution in [3.63, 3.8) is 0 Å². The summed E-state index contributed by atoms with van der Waals surface area (Å²) in [6, 6.07) is 8.39. The Labute approximate surface area is 189 Å². The number of imidazole rings is 1. The maximum atomic E-state index is 13.6. The van der Waals surface area contributed by atoms with E-state index < -0.39 is 17.9 Å². The van der Waals surface area contributed by atoms with Crippen molar-refractivity contribution in [2.24, 2.45) is 0 Å². The molecule has 0 bridgehead atoms. The first-order valence-electron chi connectivity index (χ1n) is 9.23. The zero-order valence-electron chi connectivity index (χ0n) is 16.7. The minimum absolute atomic E-state index is 0.0288. The van der Waals surface area contributed by atoms with Crippen LogP contribution >= 0.6 is 11.6 Å². The maximum absolute atomic E-state index is 13.6. The Morgan fingerprint density at radius 1 is 1.21 bits per heavy atom. The molecule has 0 aliphatic rings. The molecule has 0 amide bonds. The molecule has 0 saturated heterocycles. The second-order valence-electron chi connectivity index (χ2n) is 6.79. The lowest BCUT2D eigenvalue weighted by Crippen LogP contribution is -2.20. The van der Waals surface area contributed by atoms with Crippen molar-refractivity contribution in [1.82, 2.24) is 15.0 Å². The van der Waals surface area contributed by atoms with Gasteiger partial charge >= 0.3 is 6.36 Å². The Morgan fingerprint density at radius 2 is 2.00 bits per heavy atom. The number of halogens is 5. The van der Waals surface area contributed by atoms with Gasteiger partial charge in [0.25, 0.3) is 0 Å². The Bertz CT molecular complexity index is 1370. The van der Waals surface area contributed by atoms with Crippen LogP contribution in [0.4, 0.5) is 40.4 Å². The number of ether oxygens (including phenoxy) is 1. The van der Waals surface area contributed by atoms with Crippen LogP contribution in [0.25, 0.3) is 10.9 Å². The van der Waals surface area contributed by atoms with Crippen molar-refractivity contribution < 1.29 is 22.3 Å². The van der Waals surface area contributed by atoms with Crippen LogP contribution in [0.15, 0.2) is 49.1 Å². The van der Waals surface area contributed by atoms with E-state index in [1.807, 2.05) is 6.07 Å². The largest absolute Gasteiger partial charge is 0.573 e. The highest BCUT2D eigenvalue weighted by Gasteiger charge is 2.33. The third-order valence-electron chi connectivity index (χ3n) is 4.69. The van der Waals surface area contributed by atoms with Gasteiger partial charge in [0.1, 0.15) is 17.7 Å². The first-order valence-corrected chi connectivity index (χ1v) is 9.61. The van der Waals surface area contributed by atoms with E-state index in [2.05, 4.69) is 25.0 Å². The molecule has 0 radical (unpaired) electrons. The molecule has 33 heavy (non-hydrogen) atoms. The van der Waals surface area contributed by atoms with Gasteiger partial charge in [-0.2, -0.15) is 5.26 Å². The Balaban J connectivity index is 1.92. The highest BCUT2D eigenvalue weighted by Crippen LogP contribution is 2.41. The predicted molar refractivity (Wildman–Crippen MR) is 114 cm³/mol. The lowest BCUT2D eigenvalue weighted by Gasteiger charge is -2.23. The lowest BCUT2D eigenvalue weighted by atomic mass is 10.1. The number of hydrogen-bond donors (Lipinski definition) is 2. The van der Waals surface area contributed by atoms with E-state index in [1.165, 1.54) is 48.9 Å². The van der Waals surface area contributed by atoms with Gasteiger partial charge in [-0.25, -0.2) is 9.37 Å². The number of pyridine rings is 1. The number of anilines is 4. The molecule has 12 heteroatoms. The number of aromatic amines is 1. The molecule has 168 valence electrons.